The second-order valence-corrected chi connectivity index (χ2v) is 7.38. The second kappa shape index (κ2) is 4.77. The van der Waals surface area contributed by atoms with Crippen LogP contribution in [0.1, 0.15) is 50.4 Å². The van der Waals surface area contributed by atoms with Crippen molar-refractivity contribution in [2.24, 2.45) is 16.7 Å². The molecule has 0 saturated heterocycles. The van der Waals surface area contributed by atoms with Gasteiger partial charge in [-0.1, -0.05) is 39.8 Å². The number of methoxy groups -OCH3 is 1. The topological polar surface area (TPSA) is 21.3 Å². The van der Waals surface area contributed by atoms with E-state index in [-0.39, 0.29) is 0 Å². The summed E-state index contributed by atoms with van der Waals surface area (Å²) in [5, 5.41) is 3.54. The lowest BCUT2D eigenvalue weighted by molar-refractivity contribution is 0.406. The van der Waals surface area contributed by atoms with Crippen LogP contribution in [0.25, 0.3) is 0 Å². The molecule has 1 fully saturated rings. The smallest absolute Gasteiger partial charge is 0.124 e. The number of nitrogens with one attached hydrogen (secondary N) is 1. The highest BCUT2D eigenvalue weighted by Crippen LogP contribution is 2.72. The Morgan fingerprint density at radius 2 is 1.50 bits per heavy atom. The van der Waals surface area contributed by atoms with Crippen LogP contribution in [0.5, 0.6) is 5.75 Å². The van der Waals surface area contributed by atoms with E-state index in [1.807, 2.05) is 0 Å². The molecule has 0 heterocycles. The maximum atomic E-state index is 5.48. The van der Waals surface area contributed by atoms with Gasteiger partial charge in [0.1, 0.15) is 5.75 Å². The quantitative estimate of drug-likeness (QED) is 0.886. The summed E-state index contributed by atoms with van der Waals surface area (Å²) in [5.41, 5.74) is 4.58. The first-order valence-electron chi connectivity index (χ1n) is 7.51. The van der Waals surface area contributed by atoms with Crippen molar-refractivity contribution in [3.8, 4) is 5.75 Å². The van der Waals surface area contributed by atoms with Gasteiger partial charge in [-0.25, -0.2) is 0 Å². The fourth-order valence-electron chi connectivity index (χ4n) is 4.09. The van der Waals surface area contributed by atoms with Gasteiger partial charge < -0.3 is 10.1 Å². The Kier molecular flexibility index (Phi) is 3.66. The summed E-state index contributed by atoms with van der Waals surface area (Å²) in [5.74, 6) is 1.67. The third-order valence-corrected chi connectivity index (χ3v) is 5.82. The zero-order valence-corrected chi connectivity index (χ0v) is 14.2. The van der Waals surface area contributed by atoms with Crippen LogP contribution >= 0.6 is 0 Å². The largest absolute Gasteiger partial charge is 0.496 e. The zero-order chi connectivity index (χ0) is 15.3. The molecule has 0 aliphatic heterocycles. The molecule has 112 valence electrons. The molecule has 0 aromatic heterocycles. The minimum Gasteiger partial charge on any atom is -0.496 e. The first kappa shape index (κ1) is 15.4. The standard InChI is InChI=1S/C18H29NO/c1-11-9-13(10-12(2)15(11)20-8)14(19-7)16-17(3,4)18(16,5)6/h9-10,14,16,19H,1-8H3. The number of hydrogen-bond acceptors (Lipinski definition) is 2. The number of hydrogen-bond donors (Lipinski definition) is 1. The molecule has 2 rings (SSSR count). The first-order valence-corrected chi connectivity index (χ1v) is 7.51. The molecule has 1 aliphatic rings. The molecule has 2 nitrogen and oxygen atoms in total. The van der Waals surface area contributed by atoms with E-state index in [1.54, 1.807) is 7.11 Å². The number of ether oxygens (including phenoxy) is 1. The van der Waals surface area contributed by atoms with E-state index in [4.69, 9.17) is 4.74 Å². The van der Waals surface area contributed by atoms with E-state index in [0.717, 1.165) is 5.75 Å². The lowest BCUT2D eigenvalue weighted by Crippen LogP contribution is -2.21. The molecule has 20 heavy (non-hydrogen) atoms. The minimum atomic E-state index is 0.377. The van der Waals surface area contributed by atoms with Crippen molar-refractivity contribution in [1.82, 2.24) is 5.32 Å². The predicted octanol–water partition coefficient (Wildman–Crippen LogP) is 4.25. The average molecular weight is 275 g/mol. The summed E-state index contributed by atoms with van der Waals surface area (Å²) in [6, 6.07) is 4.96. The summed E-state index contributed by atoms with van der Waals surface area (Å²) >= 11 is 0. The van der Waals surface area contributed by atoms with Gasteiger partial charge in [-0.2, -0.15) is 0 Å². The zero-order valence-electron chi connectivity index (χ0n) is 14.2. The van der Waals surface area contributed by atoms with Crippen LogP contribution < -0.4 is 10.1 Å². The van der Waals surface area contributed by atoms with Crippen molar-refractivity contribution in [2.75, 3.05) is 14.2 Å². The monoisotopic (exact) mass is 275 g/mol. The van der Waals surface area contributed by atoms with Crippen molar-refractivity contribution < 1.29 is 4.74 Å². The Morgan fingerprint density at radius 1 is 1.05 bits per heavy atom. The summed E-state index contributed by atoms with van der Waals surface area (Å²) in [6.07, 6.45) is 0. The van der Waals surface area contributed by atoms with E-state index in [1.165, 1.54) is 16.7 Å². The van der Waals surface area contributed by atoms with Gasteiger partial charge in [0.05, 0.1) is 7.11 Å². The van der Waals surface area contributed by atoms with Gasteiger partial charge in [-0.05, 0) is 54.3 Å². The molecular weight excluding hydrogens is 246 g/mol. The third-order valence-electron chi connectivity index (χ3n) is 5.82. The lowest BCUT2D eigenvalue weighted by atomic mass is 9.93. The Bertz CT molecular complexity index is 479. The summed E-state index contributed by atoms with van der Waals surface area (Å²) in [7, 11) is 3.82. The molecule has 1 N–H and O–H groups in total. The van der Waals surface area contributed by atoms with Crippen LogP contribution in [0.15, 0.2) is 12.1 Å². The molecule has 1 aromatic carbocycles. The molecule has 1 unspecified atom stereocenters. The normalized spacial score (nSPS) is 21.6. The number of rotatable bonds is 4. The predicted molar refractivity (Wildman–Crippen MR) is 85.3 cm³/mol. The highest BCUT2D eigenvalue weighted by molar-refractivity contribution is 5.45. The van der Waals surface area contributed by atoms with Crippen molar-refractivity contribution in [3.63, 3.8) is 0 Å². The van der Waals surface area contributed by atoms with Crippen LogP contribution in [0, 0.1) is 30.6 Å². The minimum absolute atomic E-state index is 0.377. The fourth-order valence-corrected chi connectivity index (χ4v) is 4.09. The second-order valence-electron chi connectivity index (χ2n) is 7.38. The molecule has 1 aromatic rings. The molecule has 0 bridgehead atoms. The fraction of sp³-hybridized carbons (Fsp3) is 0.667. The summed E-state index contributed by atoms with van der Waals surface area (Å²) < 4.78 is 5.48. The van der Waals surface area contributed by atoms with Gasteiger partial charge in [0.25, 0.3) is 0 Å². The maximum absolute atomic E-state index is 5.48. The SMILES string of the molecule is CNC(c1cc(C)c(OC)c(C)c1)C1C(C)(C)C1(C)C. The Balaban J connectivity index is 2.40. The van der Waals surface area contributed by atoms with Gasteiger partial charge in [-0.15, -0.1) is 0 Å². The van der Waals surface area contributed by atoms with E-state index in [0.29, 0.717) is 22.8 Å². The number of aryl methyl sites for hydroxylation is 2. The molecule has 0 radical (unpaired) electrons. The van der Waals surface area contributed by atoms with Crippen LogP contribution in [0.3, 0.4) is 0 Å². The van der Waals surface area contributed by atoms with Gasteiger partial charge in [0.2, 0.25) is 0 Å². The molecule has 0 amide bonds. The highest BCUT2D eigenvalue weighted by Gasteiger charge is 2.67. The maximum Gasteiger partial charge on any atom is 0.124 e. The van der Waals surface area contributed by atoms with E-state index in [9.17, 15) is 0 Å². The van der Waals surface area contributed by atoms with E-state index >= 15 is 0 Å². The van der Waals surface area contributed by atoms with Gasteiger partial charge in [0.15, 0.2) is 0 Å². The highest BCUT2D eigenvalue weighted by atomic mass is 16.5. The van der Waals surface area contributed by atoms with E-state index < -0.39 is 0 Å². The van der Waals surface area contributed by atoms with Crippen LogP contribution in [-0.4, -0.2) is 14.2 Å². The molecule has 1 aliphatic carbocycles. The van der Waals surface area contributed by atoms with Crippen molar-refractivity contribution in [3.05, 3.63) is 28.8 Å². The van der Waals surface area contributed by atoms with Gasteiger partial charge in [0, 0.05) is 6.04 Å². The molecule has 1 saturated carbocycles. The summed E-state index contributed by atoms with van der Waals surface area (Å²) in [6.45, 7) is 13.8. The Labute approximate surface area is 123 Å². The average Bonchev–Trinajstić information content (AvgIpc) is 2.73. The molecule has 2 heteroatoms. The van der Waals surface area contributed by atoms with Crippen LogP contribution in [0.2, 0.25) is 0 Å². The van der Waals surface area contributed by atoms with Crippen molar-refractivity contribution in [2.45, 2.75) is 47.6 Å². The molecule has 0 spiro atoms. The Morgan fingerprint density at radius 3 is 1.80 bits per heavy atom. The number of benzene rings is 1. The first-order chi connectivity index (χ1) is 9.18. The Hall–Kier alpha value is -1.02. The van der Waals surface area contributed by atoms with E-state index in [2.05, 4.69) is 66.0 Å². The van der Waals surface area contributed by atoms with Gasteiger partial charge in [-0.3, -0.25) is 0 Å². The molecular formula is C18H29NO. The van der Waals surface area contributed by atoms with Crippen molar-refractivity contribution >= 4 is 0 Å². The summed E-state index contributed by atoms with van der Waals surface area (Å²) in [4.78, 5) is 0. The molecule has 1 atom stereocenters. The van der Waals surface area contributed by atoms with Crippen LogP contribution in [-0.2, 0) is 0 Å². The third kappa shape index (κ3) is 2.05. The van der Waals surface area contributed by atoms with Crippen LogP contribution in [0.4, 0.5) is 0 Å². The lowest BCUT2D eigenvalue weighted by Gasteiger charge is -2.21. The van der Waals surface area contributed by atoms with Gasteiger partial charge >= 0.3 is 0 Å². The van der Waals surface area contributed by atoms with Crippen molar-refractivity contribution in [1.29, 1.82) is 0 Å².